The summed E-state index contributed by atoms with van der Waals surface area (Å²) in [5.74, 6) is 0.421. The maximum absolute atomic E-state index is 12.5. The van der Waals surface area contributed by atoms with E-state index in [0.717, 1.165) is 5.69 Å². The molecule has 1 aliphatic rings. The first-order valence-electron chi connectivity index (χ1n) is 8.77. The summed E-state index contributed by atoms with van der Waals surface area (Å²) < 4.78 is 4.96. The third kappa shape index (κ3) is 4.10. The lowest BCUT2D eigenvalue weighted by molar-refractivity contribution is -0.121. The second-order valence-corrected chi connectivity index (χ2v) is 6.84. The van der Waals surface area contributed by atoms with E-state index in [4.69, 9.17) is 4.42 Å². The largest absolute Gasteiger partial charge is 0.472 e. The third-order valence-electron chi connectivity index (χ3n) is 4.77. The number of rotatable bonds is 4. The van der Waals surface area contributed by atoms with Gasteiger partial charge in [-0.1, -0.05) is 26.0 Å². The van der Waals surface area contributed by atoms with E-state index < -0.39 is 0 Å². The quantitative estimate of drug-likeness (QED) is 0.918. The molecule has 1 fully saturated rings. The summed E-state index contributed by atoms with van der Waals surface area (Å²) in [5.41, 5.74) is 2.64. The fraction of sp³-hybridized carbons (Fsp3) is 0.400. The highest BCUT2D eigenvalue weighted by Gasteiger charge is 2.28. The van der Waals surface area contributed by atoms with Crippen LogP contribution < -0.4 is 5.32 Å². The van der Waals surface area contributed by atoms with E-state index in [9.17, 15) is 9.59 Å². The monoisotopic (exact) mass is 340 g/mol. The van der Waals surface area contributed by atoms with Crippen LogP contribution in [0.4, 0.5) is 5.69 Å². The molecule has 132 valence electrons. The molecule has 0 spiro atoms. The number of anilines is 1. The molecule has 0 atom stereocenters. The van der Waals surface area contributed by atoms with Crippen molar-refractivity contribution in [3.8, 4) is 0 Å². The molecule has 1 aromatic heterocycles. The van der Waals surface area contributed by atoms with Crippen LogP contribution in [-0.4, -0.2) is 29.8 Å². The molecule has 2 amide bonds. The van der Waals surface area contributed by atoms with Crippen LogP contribution in [0, 0.1) is 5.92 Å². The zero-order chi connectivity index (χ0) is 17.8. The normalized spacial score (nSPS) is 15.4. The van der Waals surface area contributed by atoms with Crippen LogP contribution in [-0.2, 0) is 4.79 Å². The molecule has 3 rings (SSSR count). The van der Waals surface area contributed by atoms with Gasteiger partial charge in [0.25, 0.3) is 5.91 Å². The number of piperidine rings is 1. The van der Waals surface area contributed by atoms with Crippen molar-refractivity contribution in [3.63, 3.8) is 0 Å². The predicted octanol–water partition coefficient (Wildman–Crippen LogP) is 3.89. The van der Waals surface area contributed by atoms with E-state index in [2.05, 4.69) is 19.2 Å². The molecule has 5 heteroatoms. The highest BCUT2D eigenvalue weighted by Crippen LogP contribution is 2.22. The molecule has 1 aromatic carbocycles. The molecule has 1 saturated heterocycles. The molecule has 2 aromatic rings. The minimum absolute atomic E-state index is 0.0307. The van der Waals surface area contributed by atoms with Gasteiger partial charge in [0.05, 0.1) is 11.8 Å². The Morgan fingerprint density at radius 1 is 1.12 bits per heavy atom. The summed E-state index contributed by atoms with van der Waals surface area (Å²) in [4.78, 5) is 26.5. The maximum Gasteiger partial charge on any atom is 0.257 e. The summed E-state index contributed by atoms with van der Waals surface area (Å²) in [6, 6.07) is 9.66. The first kappa shape index (κ1) is 17.3. The first-order valence-corrected chi connectivity index (χ1v) is 8.77. The Bertz CT molecular complexity index is 712. The van der Waals surface area contributed by atoms with Crippen molar-refractivity contribution in [2.75, 3.05) is 18.4 Å². The second kappa shape index (κ2) is 7.55. The summed E-state index contributed by atoms with van der Waals surface area (Å²) in [5, 5.41) is 2.99. The zero-order valence-electron chi connectivity index (χ0n) is 14.7. The topological polar surface area (TPSA) is 62.6 Å². The first-order chi connectivity index (χ1) is 12.0. The Kier molecular flexibility index (Phi) is 5.22. The smallest absolute Gasteiger partial charge is 0.257 e. The minimum Gasteiger partial charge on any atom is -0.472 e. The number of carbonyl (C=O) groups is 2. The molecule has 25 heavy (non-hydrogen) atoms. The van der Waals surface area contributed by atoms with Crippen LogP contribution in [0.3, 0.4) is 0 Å². The molecule has 1 aliphatic heterocycles. The van der Waals surface area contributed by atoms with Crippen LogP contribution in [0.2, 0.25) is 0 Å². The number of carbonyl (C=O) groups excluding carboxylic acids is 2. The summed E-state index contributed by atoms with van der Waals surface area (Å²) in [6.45, 7) is 5.47. The number of hydrogen-bond acceptors (Lipinski definition) is 3. The molecule has 5 nitrogen and oxygen atoms in total. The average Bonchev–Trinajstić information content (AvgIpc) is 3.16. The van der Waals surface area contributed by atoms with Gasteiger partial charge in [0.1, 0.15) is 6.26 Å². The Hall–Kier alpha value is -2.56. The Labute approximate surface area is 148 Å². The summed E-state index contributed by atoms with van der Waals surface area (Å²) >= 11 is 0. The van der Waals surface area contributed by atoms with E-state index in [1.165, 1.54) is 18.1 Å². The van der Waals surface area contributed by atoms with Gasteiger partial charge in [-0.25, -0.2) is 0 Å². The van der Waals surface area contributed by atoms with Gasteiger partial charge in [0.15, 0.2) is 0 Å². The van der Waals surface area contributed by atoms with Crippen molar-refractivity contribution in [1.82, 2.24) is 4.90 Å². The van der Waals surface area contributed by atoms with Gasteiger partial charge < -0.3 is 14.6 Å². The lowest BCUT2D eigenvalue weighted by atomic mass is 9.95. The minimum atomic E-state index is -0.0572. The number of nitrogens with zero attached hydrogens (tertiary/aromatic N) is 1. The molecule has 0 bridgehead atoms. The molecule has 0 unspecified atom stereocenters. The highest BCUT2D eigenvalue weighted by atomic mass is 16.3. The summed E-state index contributed by atoms with van der Waals surface area (Å²) in [6.07, 6.45) is 4.32. The van der Waals surface area contributed by atoms with Crippen molar-refractivity contribution in [2.45, 2.75) is 32.6 Å². The highest BCUT2D eigenvalue weighted by molar-refractivity contribution is 5.95. The van der Waals surface area contributed by atoms with Crippen LogP contribution in [0.5, 0.6) is 0 Å². The number of benzene rings is 1. The lowest BCUT2D eigenvalue weighted by Crippen LogP contribution is -2.41. The molecular weight excluding hydrogens is 316 g/mol. The van der Waals surface area contributed by atoms with Gasteiger partial charge in [-0.2, -0.15) is 0 Å². The SMILES string of the molecule is CC(C)c1ccc(NC(=O)C2CCN(C(=O)c3ccoc3)CC2)cc1. The van der Waals surface area contributed by atoms with Gasteiger partial charge in [-0.15, -0.1) is 0 Å². The molecule has 0 radical (unpaired) electrons. The van der Waals surface area contributed by atoms with E-state index in [-0.39, 0.29) is 17.7 Å². The Morgan fingerprint density at radius 2 is 1.80 bits per heavy atom. The zero-order valence-corrected chi connectivity index (χ0v) is 14.7. The molecular formula is C20H24N2O3. The van der Waals surface area contributed by atoms with Crippen LogP contribution in [0.15, 0.2) is 47.3 Å². The Morgan fingerprint density at radius 3 is 2.36 bits per heavy atom. The number of furan rings is 1. The van der Waals surface area contributed by atoms with Gasteiger partial charge in [-0.05, 0) is 42.5 Å². The van der Waals surface area contributed by atoms with Crippen LogP contribution in [0.25, 0.3) is 0 Å². The van der Waals surface area contributed by atoms with E-state index >= 15 is 0 Å². The standard InChI is InChI=1S/C20H24N2O3/c1-14(2)15-3-5-18(6-4-15)21-19(23)16-7-10-22(11-8-16)20(24)17-9-12-25-13-17/h3-6,9,12-14,16H,7-8,10-11H2,1-2H3,(H,21,23). The number of hydrogen-bond donors (Lipinski definition) is 1. The van der Waals surface area contributed by atoms with Crippen LogP contribution in [0.1, 0.15) is 48.5 Å². The third-order valence-corrected chi connectivity index (χ3v) is 4.77. The van der Waals surface area contributed by atoms with Crippen molar-refractivity contribution in [3.05, 3.63) is 54.0 Å². The fourth-order valence-electron chi connectivity index (χ4n) is 3.11. The maximum atomic E-state index is 12.5. The van der Waals surface area contributed by atoms with Crippen molar-refractivity contribution in [1.29, 1.82) is 0 Å². The van der Waals surface area contributed by atoms with E-state index in [1.807, 2.05) is 24.3 Å². The molecule has 0 saturated carbocycles. The molecule has 2 heterocycles. The van der Waals surface area contributed by atoms with Crippen LogP contribution >= 0.6 is 0 Å². The molecule has 0 aliphatic carbocycles. The van der Waals surface area contributed by atoms with Crippen molar-refractivity contribution in [2.24, 2.45) is 5.92 Å². The average molecular weight is 340 g/mol. The number of nitrogens with one attached hydrogen (secondary N) is 1. The van der Waals surface area contributed by atoms with E-state index in [1.54, 1.807) is 11.0 Å². The van der Waals surface area contributed by atoms with Gasteiger partial charge >= 0.3 is 0 Å². The second-order valence-electron chi connectivity index (χ2n) is 6.84. The van der Waals surface area contributed by atoms with Gasteiger partial charge in [0, 0.05) is 24.7 Å². The fourth-order valence-corrected chi connectivity index (χ4v) is 3.11. The van der Waals surface area contributed by atoms with Crippen molar-refractivity contribution < 1.29 is 14.0 Å². The van der Waals surface area contributed by atoms with Gasteiger partial charge in [-0.3, -0.25) is 9.59 Å². The Balaban J connectivity index is 1.52. The van der Waals surface area contributed by atoms with E-state index in [0.29, 0.717) is 37.4 Å². The van der Waals surface area contributed by atoms with Gasteiger partial charge in [0.2, 0.25) is 5.91 Å². The lowest BCUT2D eigenvalue weighted by Gasteiger charge is -2.31. The number of amides is 2. The number of likely N-dealkylation sites (tertiary alicyclic amines) is 1. The van der Waals surface area contributed by atoms with Crippen molar-refractivity contribution >= 4 is 17.5 Å². The predicted molar refractivity (Wildman–Crippen MR) is 96.5 cm³/mol. The molecule has 1 N–H and O–H groups in total. The summed E-state index contributed by atoms with van der Waals surface area (Å²) in [7, 11) is 0.